The summed E-state index contributed by atoms with van der Waals surface area (Å²) in [5.74, 6) is -0.307. The molecule has 7 heteroatoms. The molecular formula is C17H20F3N3O. The summed E-state index contributed by atoms with van der Waals surface area (Å²) in [5.41, 5.74) is 0.462. The standard InChI is InChI=1S/C17H20F3N3O/c1-11(2)16(12-5-4-6-13(7-12)17(18,19)20)22-15(24)8-14-9-21-10-23(14)3/h4-7,9-11,16H,8H2,1-3H3,(H,22,24)/t16-/m1/s1. The minimum absolute atomic E-state index is 0.0519. The molecule has 1 N–H and O–H groups in total. The highest BCUT2D eigenvalue weighted by molar-refractivity contribution is 5.78. The molecule has 1 heterocycles. The van der Waals surface area contributed by atoms with Crippen molar-refractivity contribution in [3.05, 3.63) is 53.6 Å². The summed E-state index contributed by atoms with van der Waals surface area (Å²) < 4.78 is 40.4. The van der Waals surface area contributed by atoms with Crippen molar-refractivity contribution in [2.24, 2.45) is 13.0 Å². The maximum absolute atomic E-state index is 12.9. The first-order valence-electron chi connectivity index (χ1n) is 7.60. The second-order valence-electron chi connectivity index (χ2n) is 6.09. The number of benzene rings is 1. The second kappa shape index (κ2) is 7.07. The predicted octanol–water partition coefficient (Wildman–Crippen LogP) is 3.49. The van der Waals surface area contributed by atoms with Crippen LogP contribution in [0.1, 0.15) is 36.7 Å². The van der Waals surface area contributed by atoms with Gasteiger partial charge in [-0.1, -0.05) is 26.0 Å². The molecular weight excluding hydrogens is 319 g/mol. The Morgan fingerprint density at radius 1 is 1.33 bits per heavy atom. The molecule has 0 unspecified atom stereocenters. The van der Waals surface area contributed by atoms with Gasteiger partial charge in [0.25, 0.3) is 0 Å². The molecule has 0 saturated heterocycles. The quantitative estimate of drug-likeness (QED) is 0.906. The van der Waals surface area contributed by atoms with Crippen molar-refractivity contribution >= 4 is 5.91 Å². The number of hydrogen-bond acceptors (Lipinski definition) is 2. The van der Waals surface area contributed by atoms with Gasteiger partial charge >= 0.3 is 6.18 Å². The molecule has 2 aromatic rings. The molecule has 1 amide bonds. The number of imidazole rings is 1. The van der Waals surface area contributed by atoms with Crippen molar-refractivity contribution in [3.8, 4) is 0 Å². The van der Waals surface area contributed by atoms with Crippen LogP contribution in [0.4, 0.5) is 13.2 Å². The lowest BCUT2D eigenvalue weighted by atomic mass is 9.94. The lowest BCUT2D eigenvalue weighted by Crippen LogP contribution is -2.33. The maximum atomic E-state index is 12.9. The first-order chi connectivity index (χ1) is 11.2. The Hall–Kier alpha value is -2.31. The Morgan fingerprint density at radius 3 is 2.58 bits per heavy atom. The maximum Gasteiger partial charge on any atom is 0.416 e. The highest BCUT2D eigenvalue weighted by Gasteiger charge is 2.31. The van der Waals surface area contributed by atoms with Gasteiger partial charge in [-0.05, 0) is 23.6 Å². The molecule has 1 atom stereocenters. The van der Waals surface area contributed by atoms with Crippen molar-refractivity contribution in [1.82, 2.24) is 14.9 Å². The van der Waals surface area contributed by atoms with Gasteiger partial charge in [-0.25, -0.2) is 4.98 Å². The molecule has 4 nitrogen and oxygen atoms in total. The summed E-state index contributed by atoms with van der Waals surface area (Å²) in [7, 11) is 1.78. The monoisotopic (exact) mass is 339 g/mol. The van der Waals surface area contributed by atoms with Crippen LogP contribution in [0.15, 0.2) is 36.8 Å². The molecule has 130 valence electrons. The van der Waals surface area contributed by atoms with E-state index in [0.29, 0.717) is 5.56 Å². The fourth-order valence-electron chi connectivity index (χ4n) is 2.49. The fraction of sp³-hybridized carbons (Fsp3) is 0.412. The first kappa shape index (κ1) is 18.0. The summed E-state index contributed by atoms with van der Waals surface area (Å²) in [6, 6.07) is 4.59. The summed E-state index contributed by atoms with van der Waals surface area (Å²) in [5, 5.41) is 2.83. The van der Waals surface area contributed by atoms with Gasteiger partial charge in [-0.15, -0.1) is 0 Å². The number of nitrogens with one attached hydrogen (secondary N) is 1. The third-order valence-electron chi connectivity index (χ3n) is 3.81. The van der Waals surface area contributed by atoms with Gasteiger partial charge in [0.15, 0.2) is 0 Å². The summed E-state index contributed by atoms with van der Waals surface area (Å²) >= 11 is 0. The first-order valence-corrected chi connectivity index (χ1v) is 7.60. The van der Waals surface area contributed by atoms with E-state index < -0.39 is 17.8 Å². The van der Waals surface area contributed by atoms with Crippen LogP contribution >= 0.6 is 0 Å². The smallest absolute Gasteiger partial charge is 0.349 e. The third-order valence-corrected chi connectivity index (χ3v) is 3.81. The lowest BCUT2D eigenvalue weighted by Gasteiger charge is -2.24. The molecule has 0 saturated carbocycles. The van der Waals surface area contributed by atoms with Crippen LogP contribution in [-0.4, -0.2) is 15.5 Å². The summed E-state index contributed by atoms with van der Waals surface area (Å²) in [6.07, 6.45) is -1.10. The van der Waals surface area contributed by atoms with Gasteiger partial charge in [-0.2, -0.15) is 13.2 Å². The van der Waals surface area contributed by atoms with Crippen molar-refractivity contribution < 1.29 is 18.0 Å². The topological polar surface area (TPSA) is 46.9 Å². The molecule has 0 bridgehead atoms. The SMILES string of the molecule is CC(C)[C@@H](NC(=O)Cc1cncn1C)c1cccc(C(F)(F)F)c1. The summed E-state index contributed by atoms with van der Waals surface area (Å²) in [4.78, 5) is 16.2. The number of halogens is 3. The van der Waals surface area contributed by atoms with E-state index in [9.17, 15) is 18.0 Å². The van der Waals surface area contributed by atoms with Crippen molar-refractivity contribution in [3.63, 3.8) is 0 Å². The lowest BCUT2D eigenvalue weighted by molar-refractivity contribution is -0.137. The van der Waals surface area contributed by atoms with Crippen LogP contribution in [-0.2, 0) is 24.4 Å². The summed E-state index contributed by atoms with van der Waals surface area (Å²) in [6.45, 7) is 3.71. The highest BCUT2D eigenvalue weighted by atomic mass is 19.4. The van der Waals surface area contributed by atoms with Gasteiger partial charge in [0.2, 0.25) is 5.91 Å². The van der Waals surface area contributed by atoms with Crippen LogP contribution in [0.25, 0.3) is 0 Å². The number of aryl methyl sites for hydroxylation is 1. The van der Waals surface area contributed by atoms with Gasteiger partial charge in [0.05, 0.1) is 24.4 Å². The Balaban J connectivity index is 2.18. The van der Waals surface area contributed by atoms with E-state index >= 15 is 0 Å². The molecule has 0 aliphatic carbocycles. The van der Waals surface area contributed by atoms with E-state index in [4.69, 9.17) is 0 Å². The largest absolute Gasteiger partial charge is 0.416 e. The molecule has 0 spiro atoms. The Morgan fingerprint density at radius 2 is 2.04 bits per heavy atom. The molecule has 24 heavy (non-hydrogen) atoms. The van der Waals surface area contributed by atoms with E-state index in [1.54, 1.807) is 30.2 Å². The third kappa shape index (κ3) is 4.37. The predicted molar refractivity (Wildman–Crippen MR) is 84.1 cm³/mol. The van der Waals surface area contributed by atoms with E-state index in [-0.39, 0.29) is 18.2 Å². The van der Waals surface area contributed by atoms with E-state index in [2.05, 4.69) is 10.3 Å². The molecule has 0 aliphatic rings. The highest BCUT2D eigenvalue weighted by Crippen LogP contribution is 2.32. The molecule has 0 fully saturated rings. The molecule has 2 rings (SSSR count). The molecule has 0 radical (unpaired) electrons. The molecule has 0 aliphatic heterocycles. The number of carbonyl (C=O) groups excluding carboxylic acids is 1. The fourth-order valence-corrected chi connectivity index (χ4v) is 2.49. The molecule has 1 aromatic carbocycles. The number of amides is 1. The van der Waals surface area contributed by atoms with E-state index in [1.165, 1.54) is 6.07 Å². The normalized spacial score (nSPS) is 13.1. The number of rotatable bonds is 5. The zero-order valence-corrected chi connectivity index (χ0v) is 13.8. The van der Waals surface area contributed by atoms with Crippen LogP contribution in [0.3, 0.4) is 0 Å². The number of hydrogen-bond donors (Lipinski definition) is 1. The minimum atomic E-state index is -4.41. The van der Waals surface area contributed by atoms with Crippen LogP contribution in [0.5, 0.6) is 0 Å². The number of alkyl halides is 3. The van der Waals surface area contributed by atoms with Crippen LogP contribution < -0.4 is 5.32 Å². The number of nitrogens with zero attached hydrogens (tertiary/aromatic N) is 2. The van der Waals surface area contributed by atoms with Gasteiger partial charge in [0.1, 0.15) is 0 Å². The van der Waals surface area contributed by atoms with Gasteiger partial charge < -0.3 is 9.88 Å². The van der Waals surface area contributed by atoms with Crippen molar-refractivity contribution in [2.75, 3.05) is 0 Å². The van der Waals surface area contributed by atoms with Gasteiger partial charge in [-0.3, -0.25) is 4.79 Å². The van der Waals surface area contributed by atoms with Crippen molar-refractivity contribution in [2.45, 2.75) is 32.5 Å². The number of carbonyl (C=O) groups is 1. The van der Waals surface area contributed by atoms with Crippen LogP contribution in [0.2, 0.25) is 0 Å². The van der Waals surface area contributed by atoms with Crippen molar-refractivity contribution in [1.29, 1.82) is 0 Å². The van der Waals surface area contributed by atoms with E-state index in [0.717, 1.165) is 17.8 Å². The Bertz CT molecular complexity index is 707. The Kier molecular flexibility index (Phi) is 5.31. The average molecular weight is 339 g/mol. The van der Waals surface area contributed by atoms with E-state index in [1.807, 2.05) is 13.8 Å². The van der Waals surface area contributed by atoms with Crippen LogP contribution in [0, 0.1) is 5.92 Å². The molecule has 1 aromatic heterocycles. The second-order valence-corrected chi connectivity index (χ2v) is 6.09. The zero-order chi connectivity index (χ0) is 17.9. The Labute approximate surface area is 138 Å². The minimum Gasteiger partial charge on any atom is -0.349 e. The number of aromatic nitrogens is 2. The zero-order valence-electron chi connectivity index (χ0n) is 13.8. The average Bonchev–Trinajstić information content (AvgIpc) is 2.89. The van der Waals surface area contributed by atoms with Gasteiger partial charge in [0, 0.05) is 18.9 Å².